The average molecular weight is 337 g/mol. The van der Waals surface area contributed by atoms with Crippen molar-refractivity contribution in [1.82, 2.24) is 4.98 Å². The molecule has 7 heteroatoms. The third-order valence-corrected chi connectivity index (χ3v) is 3.24. The number of nitrogen functional groups attached to an aromatic ring is 1. The fraction of sp³-hybridized carbons (Fsp3) is 0.0769. The second-order valence-electron chi connectivity index (χ2n) is 3.88. The number of methoxy groups -OCH3 is 1. The number of amides is 1. The topological polar surface area (TPSA) is 89.3 Å². The van der Waals surface area contributed by atoms with Crippen LogP contribution in [-0.4, -0.2) is 18.0 Å². The summed E-state index contributed by atoms with van der Waals surface area (Å²) in [6.07, 6.45) is 1.45. The highest BCUT2D eigenvalue weighted by Gasteiger charge is 2.08. The molecule has 0 unspecified atom stereocenters. The number of hydrazine groups is 1. The van der Waals surface area contributed by atoms with Gasteiger partial charge in [-0.25, -0.2) is 10.8 Å². The number of nitrogens with zero attached hydrogens (tertiary/aromatic N) is 1. The van der Waals surface area contributed by atoms with Crippen LogP contribution in [0.25, 0.3) is 0 Å². The number of benzene rings is 1. The van der Waals surface area contributed by atoms with Crippen molar-refractivity contribution in [2.75, 3.05) is 17.9 Å². The molecule has 0 saturated heterocycles. The third-order valence-electron chi connectivity index (χ3n) is 2.58. The Hall–Kier alpha value is -2.12. The molecule has 0 aliphatic rings. The zero-order chi connectivity index (χ0) is 14.5. The van der Waals surface area contributed by atoms with Gasteiger partial charge < -0.3 is 15.5 Å². The van der Waals surface area contributed by atoms with E-state index < -0.39 is 0 Å². The molecular weight excluding hydrogens is 324 g/mol. The summed E-state index contributed by atoms with van der Waals surface area (Å²) in [5.74, 6) is 6.09. The van der Waals surface area contributed by atoms with Crippen molar-refractivity contribution < 1.29 is 9.53 Å². The molecule has 4 N–H and O–H groups in total. The highest BCUT2D eigenvalue weighted by atomic mass is 79.9. The molecule has 0 radical (unpaired) electrons. The largest absolute Gasteiger partial charge is 0.495 e. The zero-order valence-electron chi connectivity index (χ0n) is 10.7. The van der Waals surface area contributed by atoms with E-state index >= 15 is 0 Å². The minimum Gasteiger partial charge on any atom is -0.495 e. The number of halogens is 1. The van der Waals surface area contributed by atoms with Gasteiger partial charge in [0.05, 0.1) is 17.1 Å². The number of anilines is 2. The predicted octanol–water partition coefficient (Wildman–Crippen LogP) is 2.39. The molecule has 0 spiro atoms. The van der Waals surface area contributed by atoms with E-state index in [2.05, 4.69) is 31.7 Å². The summed E-state index contributed by atoms with van der Waals surface area (Å²) in [6, 6.07) is 8.55. The summed E-state index contributed by atoms with van der Waals surface area (Å²) in [4.78, 5) is 16.0. The maximum Gasteiger partial charge on any atom is 0.257 e. The molecule has 0 fully saturated rings. The molecule has 0 aliphatic heterocycles. The number of nitrogens with one attached hydrogen (secondary N) is 2. The van der Waals surface area contributed by atoms with Gasteiger partial charge >= 0.3 is 0 Å². The Balaban J connectivity index is 2.14. The van der Waals surface area contributed by atoms with Crippen LogP contribution in [0.1, 0.15) is 10.4 Å². The van der Waals surface area contributed by atoms with Gasteiger partial charge in [-0.1, -0.05) is 0 Å². The highest BCUT2D eigenvalue weighted by Crippen LogP contribution is 2.28. The lowest BCUT2D eigenvalue weighted by Crippen LogP contribution is -2.13. The lowest BCUT2D eigenvalue weighted by atomic mass is 10.2. The van der Waals surface area contributed by atoms with Crippen LogP contribution < -0.4 is 21.3 Å². The molecule has 1 aromatic carbocycles. The number of hydrogen-bond donors (Lipinski definition) is 3. The first-order chi connectivity index (χ1) is 9.63. The van der Waals surface area contributed by atoms with Crippen LogP contribution >= 0.6 is 15.9 Å². The van der Waals surface area contributed by atoms with Crippen LogP contribution in [0.2, 0.25) is 0 Å². The molecule has 6 nitrogen and oxygen atoms in total. The monoisotopic (exact) mass is 336 g/mol. The van der Waals surface area contributed by atoms with Crippen LogP contribution in [0.3, 0.4) is 0 Å². The van der Waals surface area contributed by atoms with E-state index in [9.17, 15) is 4.79 Å². The standard InChI is InChI=1S/C13H13BrN4O2/c1-20-11-6-9(3-4-10(11)14)17-13(19)8-2-5-12(18-15)16-7-8/h2-7H,15H2,1H3,(H,16,18)(H,17,19). The van der Waals surface area contributed by atoms with Crippen molar-refractivity contribution in [3.8, 4) is 5.75 Å². The Morgan fingerprint density at radius 2 is 2.15 bits per heavy atom. The summed E-state index contributed by atoms with van der Waals surface area (Å²) in [5, 5.41) is 2.77. The lowest BCUT2D eigenvalue weighted by molar-refractivity contribution is 0.102. The molecule has 104 valence electrons. The van der Waals surface area contributed by atoms with Crippen LogP contribution in [-0.2, 0) is 0 Å². The molecule has 2 rings (SSSR count). The number of aromatic nitrogens is 1. The fourth-order valence-corrected chi connectivity index (χ4v) is 1.96. The van der Waals surface area contributed by atoms with Gasteiger partial charge in [0.1, 0.15) is 11.6 Å². The molecule has 0 saturated carbocycles. The van der Waals surface area contributed by atoms with Crippen LogP contribution in [0, 0.1) is 0 Å². The SMILES string of the molecule is COc1cc(NC(=O)c2ccc(NN)nc2)ccc1Br. The quantitative estimate of drug-likeness (QED) is 0.589. The number of carbonyl (C=O) groups excluding carboxylic acids is 1. The Morgan fingerprint density at radius 3 is 2.75 bits per heavy atom. The first-order valence-corrected chi connectivity index (χ1v) is 6.51. The third kappa shape index (κ3) is 3.25. The smallest absolute Gasteiger partial charge is 0.257 e. The van der Waals surface area contributed by atoms with E-state index in [1.165, 1.54) is 6.20 Å². The number of carbonyl (C=O) groups is 1. The van der Waals surface area contributed by atoms with Gasteiger partial charge in [-0.15, -0.1) is 0 Å². The molecule has 2 aromatic rings. The number of nitrogens with two attached hydrogens (primary N) is 1. The van der Waals surface area contributed by atoms with E-state index in [1.807, 2.05) is 0 Å². The van der Waals surface area contributed by atoms with Crippen LogP contribution in [0.15, 0.2) is 41.0 Å². The Morgan fingerprint density at radius 1 is 1.35 bits per heavy atom. The van der Waals surface area contributed by atoms with Gasteiger partial charge in [0.25, 0.3) is 5.91 Å². The zero-order valence-corrected chi connectivity index (χ0v) is 12.3. The van der Waals surface area contributed by atoms with Crippen molar-refractivity contribution in [3.05, 3.63) is 46.6 Å². The van der Waals surface area contributed by atoms with Gasteiger partial charge in [0.2, 0.25) is 0 Å². The minimum atomic E-state index is -0.259. The Kier molecular flexibility index (Phi) is 4.54. The van der Waals surface area contributed by atoms with Crippen molar-refractivity contribution in [2.24, 2.45) is 5.84 Å². The van der Waals surface area contributed by atoms with Gasteiger partial charge in [0.15, 0.2) is 0 Å². The Labute approximate surface area is 124 Å². The van der Waals surface area contributed by atoms with Gasteiger partial charge in [-0.2, -0.15) is 0 Å². The summed E-state index contributed by atoms with van der Waals surface area (Å²) >= 11 is 3.35. The first kappa shape index (κ1) is 14.3. The maximum atomic E-state index is 12.0. The molecular formula is C13H13BrN4O2. The molecule has 0 bridgehead atoms. The van der Waals surface area contributed by atoms with Gasteiger partial charge in [-0.3, -0.25) is 4.79 Å². The van der Waals surface area contributed by atoms with Crippen molar-refractivity contribution in [3.63, 3.8) is 0 Å². The van der Waals surface area contributed by atoms with Crippen molar-refractivity contribution in [1.29, 1.82) is 0 Å². The first-order valence-electron chi connectivity index (χ1n) is 5.71. The minimum absolute atomic E-state index is 0.259. The fourth-order valence-electron chi connectivity index (χ4n) is 1.55. The summed E-state index contributed by atoms with van der Waals surface area (Å²) < 4.78 is 5.99. The molecule has 20 heavy (non-hydrogen) atoms. The van der Waals surface area contributed by atoms with Gasteiger partial charge in [-0.05, 0) is 40.2 Å². The maximum absolute atomic E-state index is 12.0. The summed E-state index contributed by atoms with van der Waals surface area (Å²) in [7, 11) is 1.56. The lowest BCUT2D eigenvalue weighted by Gasteiger charge is -2.08. The number of rotatable bonds is 4. The second kappa shape index (κ2) is 6.36. The average Bonchev–Trinajstić information content (AvgIpc) is 2.49. The molecule has 1 amide bonds. The summed E-state index contributed by atoms with van der Waals surface area (Å²) in [5.41, 5.74) is 3.47. The van der Waals surface area contributed by atoms with Crippen LogP contribution in [0.4, 0.5) is 11.5 Å². The Bertz CT molecular complexity index is 616. The van der Waals surface area contributed by atoms with E-state index in [0.717, 1.165) is 4.47 Å². The molecule has 0 atom stereocenters. The highest BCUT2D eigenvalue weighted by molar-refractivity contribution is 9.10. The van der Waals surface area contributed by atoms with Crippen LogP contribution in [0.5, 0.6) is 5.75 Å². The van der Waals surface area contributed by atoms with E-state index in [0.29, 0.717) is 22.8 Å². The predicted molar refractivity (Wildman–Crippen MR) is 80.7 cm³/mol. The van der Waals surface area contributed by atoms with Crippen molar-refractivity contribution >= 4 is 33.3 Å². The van der Waals surface area contributed by atoms with E-state index in [1.54, 1.807) is 37.4 Å². The molecule has 1 aromatic heterocycles. The van der Waals surface area contributed by atoms with Crippen molar-refractivity contribution in [2.45, 2.75) is 0 Å². The second-order valence-corrected chi connectivity index (χ2v) is 4.73. The number of pyridine rings is 1. The van der Waals surface area contributed by atoms with E-state index in [-0.39, 0.29) is 5.91 Å². The molecule has 0 aliphatic carbocycles. The normalized spacial score (nSPS) is 9.95. The number of hydrogen-bond acceptors (Lipinski definition) is 5. The van der Waals surface area contributed by atoms with Gasteiger partial charge in [0, 0.05) is 18.0 Å². The summed E-state index contributed by atoms with van der Waals surface area (Å²) in [6.45, 7) is 0. The molecule has 1 heterocycles. The van der Waals surface area contributed by atoms with E-state index in [4.69, 9.17) is 10.6 Å². The number of ether oxygens (including phenoxy) is 1.